The number of benzene rings is 2. The Bertz CT molecular complexity index is 1480. The molecule has 0 amide bonds. The Labute approximate surface area is 221 Å². The summed E-state index contributed by atoms with van der Waals surface area (Å²) in [4.78, 5) is 49.0. The number of pyridine rings is 1. The van der Waals surface area contributed by atoms with Crippen molar-refractivity contribution in [3.63, 3.8) is 0 Å². The molecular formula is C26H27F2N3O8. The third-order valence-corrected chi connectivity index (χ3v) is 5.94. The summed E-state index contributed by atoms with van der Waals surface area (Å²) in [6.07, 6.45) is -0.215. The standard InChI is InChI=1S/C23H21F2N3O5.C3H6O3/c1-13(29)33-14-3-4-19(17(24)9-14)28-12-16(23(31)32)22(30)15-10-18(25)21(11-20(15)28)27-7-5-26(2)6-8-27;1-2(4)3(5)6/h3-4,9-12H,5-8H2,1-2H3,(H,31,32);2,4H,1H3,(H,5,6). The number of aromatic nitrogens is 1. The van der Waals surface area contributed by atoms with Gasteiger partial charge in [0.05, 0.1) is 16.9 Å². The molecule has 0 bridgehead atoms. The van der Waals surface area contributed by atoms with Gasteiger partial charge in [0.15, 0.2) is 5.82 Å². The van der Waals surface area contributed by atoms with Crippen LogP contribution in [0.15, 0.2) is 41.3 Å². The Hall–Kier alpha value is -4.36. The molecule has 1 fully saturated rings. The summed E-state index contributed by atoms with van der Waals surface area (Å²) < 4.78 is 36.1. The summed E-state index contributed by atoms with van der Waals surface area (Å²) in [6, 6.07) is 6.05. The zero-order chi connectivity index (χ0) is 29.0. The molecule has 208 valence electrons. The van der Waals surface area contributed by atoms with E-state index in [2.05, 4.69) is 4.90 Å². The van der Waals surface area contributed by atoms with Gasteiger partial charge in [0.2, 0.25) is 5.43 Å². The lowest BCUT2D eigenvalue weighted by atomic mass is 10.1. The molecule has 3 aromatic rings. The minimum absolute atomic E-state index is 0.0308. The fourth-order valence-corrected chi connectivity index (χ4v) is 3.89. The molecule has 1 unspecified atom stereocenters. The van der Waals surface area contributed by atoms with E-state index in [1.165, 1.54) is 36.6 Å². The lowest BCUT2D eigenvalue weighted by Crippen LogP contribution is -2.44. The highest BCUT2D eigenvalue weighted by Gasteiger charge is 2.23. The number of aromatic carboxylic acids is 1. The third-order valence-electron chi connectivity index (χ3n) is 5.94. The van der Waals surface area contributed by atoms with Crippen LogP contribution in [0.25, 0.3) is 16.6 Å². The summed E-state index contributed by atoms with van der Waals surface area (Å²) in [5.74, 6) is -4.84. The number of aliphatic carboxylic acids is 1. The van der Waals surface area contributed by atoms with Crippen molar-refractivity contribution in [2.24, 2.45) is 0 Å². The van der Waals surface area contributed by atoms with Gasteiger partial charge < -0.3 is 34.4 Å². The maximum absolute atomic E-state index is 15.0. The van der Waals surface area contributed by atoms with E-state index >= 15 is 4.39 Å². The van der Waals surface area contributed by atoms with E-state index in [0.717, 1.165) is 18.3 Å². The average Bonchev–Trinajstić information content (AvgIpc) is 2.85. The van der Waals surface area contributed by atoms with Gasteiger partial charge in [-0.25, -0.2) is 18.4 Å². The molecule has 11 nitrogen and oxygen atoms in total. The van der Waals surface area contributed by atoms with Gasteiger partial charge >= 0.3 is 17.9 Å². The molecule has 2 aromatic carbocycles. The van der Waals surface area contributed by atoms with Crippen molar-refractivity contribution in [2.75, 3.05) is 38.1 Å². The molecular weight excluding hydrogens is 520 g/mol. The van der Waals surface area contributed by atoms with Gasteiger partial charge in [-0.05, 0) is 38.2 Å². The van der Waals surface area contributed by atoms with E-state index in [1.807, 2.05) is 11.9 Å². The number of rotatable bonds is 5. The number of halogens is 2. The van der Waals surface area contributed by atoms with E-state index in [-0.39, 0.29) is 28.0 Å². The van der Waals surface area contributed by atoms with Gasteiger partial charge in [0.1, 0.15) is 23.2 Å². The molecule has 0 spiro atoms. The fraction of sp³-hybridized carbons (Fsp3) is 0.308. The molecule has 0 aliphatic carbocycles. The minimum atomic E-state index is -1.52. The molecule has 1 aromatic heterocycles. The molecule has 1 atom stereocenters. The second-order valence-electron chi connectivity index (χ2n) is 8.88. The van der Waals surface area contributed by atoms with E-state index < -0.39 is 46.6 Å². The molecule has 2 heterocycles. The SMILES string of the molecule is CC(=O)Oc1ccc(-n2cc(C(=O)O)c(=O)c3cc(F)c(N4CCN(C)CC4)cc32)c(F)c1.CC(O)C(=O)O. The molecule has 13 heteroatoms. The second kappa shape index (κ2) is 12.0. The van der Waals surface area contributed by atoms with Crippen LogP contribution in [0.5, 0.6) is 5.75 Å². The molecule has 0 radical (unpaired) electrons. The number of piperazine rings is 1. The number of anilines is 1. The minimum Gasteiger partial charge on any atom is -0.479 e. The van der Waals surface area contributed by atoms with Gasteiger partial charge in [0, 0.05) is 50.8 Å². The van der Waals surface area contributed by atoms with Crippen LogP contribution < -0.4 is 15.1 Å². The Morgan fingerprint density at radius 3 is 2.08 bits per heavy atom. The topological polar surface area (TPSA) is 150 Å². The van der Waals surface area contributed by atoms with Crippen LogP contribution in [0.3, 0.4) is 0 Å². The van der Waals surface area contributed by atoms with Crippen LogP contribution in [0, 0.1) is 11.6 Å². The predicted molar refractivity (Wildman–Crippen MR) is 137 cm³/mol. The number of nitrogens with zero attached hydrogens (tertiary/aromatic N) is 3. The third kappa shape index (κ3) is 6.75. The van der Waals surface area contributed by atoms with Crippen LogP contribution in [0.1, 0.15) is 24.2 Å². The quantitative estimate of drug-likeness (QED) is 0.320. The number of carboxylic acid groups (broad SMARTS) is 2. The largest absolute Gasteiger partial charge is 0.479 e. The number of carbonyl (C=O) groups excluding carboxylic acids is 1. The van der Waals surface area contributed by atoms with Crippen LogP contribution >= 0.6 is 0 Å². The van der Waals surface area contributed by atoms with E-state index in [0.29, 0.717) is 26.2 Å². The first-order valence-corrected chi connectivity index (χ1v) is 11.7. The van der Waals surface area contributed by atoms with Crippen molar-refractivity contribution in [2.45, 2.75) is 20.0 Å². The first kappa shape index (κ1) is 29.2. The Balaban J connectivity index is 0.000000631. The number of aliphatic hydroxyl groups excluding tert-OH is 1. The van der Waals surface area contributed by atoms with Crippen molar-refractivity contribution < 1.29 is 43.2 Å². The number of ether oxygens (including phenoxy) is 1. The van der Waals surface area contributed by atoms with Gasteiger partial charge in [-0.3, -0.25) is 9.59 Å². The lowest BCUT2D eigenvalue weighted by molar-refractivity contribution is -0.145. The Morgan fingerprint density at radius 1 is 0.974 bits per heavy atom. The molecule has 4 rings (SSSR count). The maximum Gasteiger partial charge on any atom is 0.341 e. The summed E-state index contributed by atoms with van der Waals surface area (Å²) in [6.45, 7) is 4.92. The van der Waals surface area contributed by atoms with E-state index in [4.69, 9.17) is 14.9 Å². The number of carbonyl (C=O) groups is 3. The van der Waals surface area contributed by atoms with E-state index in [9.17, 15) is 28.7 Å². The highest BCUT2D eigenvalue weighted by Crippen LogP contribution is 2.29. The number of aliphatic hydroxyl groups is 1. The predicted octanol–water partition coefficient (Wildman–Crippen LogP) is 2.10. The van der Waals surface area contributed by atoms with Gasteiger partial charge in [-0.2, -0.15) is 0 Å². The van der Waals surface area contributed by atoms with Crippen molar-refractivity contribution in [3.05, 3.63) is 63.9 Å². The molecule has 1 aliphatic heterocycles. The van der Waals surface area contributed by atoms with Crippen molar-refractivity contribution in [3.8, 4) is 11.4 Å². The zero-order valence-electron chi connectivity index (χ0n) is 21.4. The molecule has 3 N–H and O–H groups in total. The van der Waals surface area contributed by atoms with Crippen LogP contribution in [-0.4, -0.2) is 82.0 Å². The van der Waals surface area contributed by atoms with Crippen molar-refractivity contribution in [1.82, 2.24) is 9.47 Å². The molecule has 1 saturated heterocycles. The summed E-state index contributed by atoms with van der Waals surface area (Å²) in [5, 5.41) is 25.1. The number of esters is 1. The molecule has 1 aliphatic rings. The van der Waals surface area contributed by atoms with E-state index in [1.54, 1.807) is 0 Å². The first-order chi connectivity index (χ1) is 18.3. The highest BCUT2D eigenvalue weighted by molar-refractivity contribution is 5.94. The number of hydrogen-bond acceptors (Lipinski definition) is 8. The number of hydrogen-bond donors (Lipinski definition) is 3. The molecule has 0 saturated carbocycles. The first-order valence-electron chi connectivity index (χ1n) is 11.7. The van der Waals surface area contributed by atoms with Crippen LogP contribution in [0.2, 0.25) is 0 Å². The number of fused-ring (bicyclic) bond motifs is 1. The Morgan fingerprint density at radius 2 is 1.56 bits per heavy atom. The second-order valence-corrected chi connectivity index (χ2v) is 8.88. The average molecular weight is 548 g/mol. The maximum atomic E-state index is 15.0. The smallest absolute Gasteiger partial charge is 0.341 e. The zero-order valence-corrected chi connectivity index (χ0v) is 21.4. The fourth-order valence-electron chi connectivity index (χ4n) is 3.89. The highest BCUT2D eigenvalue weighted by atomic mass is 19.1. The summed E-state index contributed by atoms with van der Waals surface area (Å²) in [7, 11) is 1.96. The van der Waals surface area contributed by atoms with Crippen molar-refractivity contribution >= 4 is 34.5 Å². The monoisotopic (exact) mass is 547 g/mol. The lowest BCUT2D eigenvalue weighted by Gasteiger charge is -2.34. The molecule has 39 heavy (non-hydrogen) atoms. The van der Waals surface area contributed by atoms with Gasteiger partial charge in [0.25, 0.3) is 0 Å². The summed E-state index contributed by atoms with van der Waals surface area (Å²) in [5.41, 5.74) is -1.19. The number of carboxylic acids is 2. The normalized spacial score (nSPS) is 14.4. The number of likely N-dealkylation sites (N-methyl/N-ethyl adjacent to an activating group) is 1. The Kier molecular flexibility index (Phi) is 8.99. The van der Waals surface area contributed by atoms with Crippen LogP contribution in [-0.2, 0) is 9.59 Å². The van der Waals surface area contributed by atoms with Gasteiger partial charge in [-0.15, -0.1) is 0 Å². The van der Waals surface area contributed by atoms with Crippen LogP contribution in [0.4, 0.5) is 14.5 Å². The summed E-state index contributed by atoms with van der Waals surface area (Å²) >= 11 is 0. The van der Waals surface area contributed by atoms with Gasteiger partial charge in [-0.1, -0.05) is 0 Å². The van der Waals surface area contributed by atoms with Crippen molar-refractivity contribution in [1.29, 1.82) is 0 Å².